The number of rotatable bonds is 8. The number of carbonyl (C=O) groups is 1. The predicted octanol–water partition coefficient (Wildman–Crippen LogP) is 2.04. The SMILES string of the molecule is CN(C)CCCNS(=O)(=O)c1cccc(C(=O)Nc2ccccc2C#N)c1. The average molecular weight is 386 g/mol. The molecule has 0 aliphatic heterocycles. The van der Waals surface area contributed by atoms with Crippen LogP contribution in [0.15, 0.2) is 53.4 Å². The summed E-state index contributed by atoms with van der Waals surface area (Å²) < 4.78 is 27.4. The molecule has 0 saturated carbocycles. The Bertz CT molecular complexity index is 949. The van der Waals surface area contributed by atoms with Gasteiger partial charge in [-0.15, -0.1) is 0 Å². The molecule has 142 valence electrons. The third kappa shape index (κ3) is 5.89. The topological polar surface area (TPSA) is 102 Å². The maximum atomic E-state index is 12.5. The molecular formula is C19H22N4O3S. The molecule has 0 aliphatic carbocycles. The van der Waals surface area contributed by atoms with Crippen LogP contribution in [0.25, 0.3) is 0 Å². The van der Waals surface area contributed by atoms with Gasteiger partial charge in [0.2, 0.25) is 10.0 Å². The molecule has 0 bridgehead atoms. The van der Waals surface area contributed by atoms with Gasteiger partial charge in [-0.2, -0.15) is 5.26 Å². The van der Waals surface area contributed by atoms with Gasteiger partial charge in [-0.05, 0) is 57.4 Å². The average Bonchev–Trinajstić information content (AvgIpc) is 2.65. The monoisotopic (exact) mass is 386 g/mol. The van der Waals surface area contributed by atoms with Crippen molar-refractivity contribution in [2.75, 3.05) is 32.5 Å². The van der Waals surface area contributed by atoms with Gasteiger partial charge in [-0.3, -0.25) is 4.79 Å². The molecule has 2 aromatic rings. The summed E-state index contributed by atoms with van der Waals surface area (Å²) in [7, 11) is 0.135. The van der Waals surface area contributed by atoms with Crippen LogP contribution in [0.5, 0.6) is 0 Å². The quantitative estimate of drug-likeness (QED) is 0.676. The van der Waals surface area contributed by atoms with E-state index in [1.807, 2.05) is 25.1 Å². The highest BCUT2D eigenvalue weighted by molar-refractivity contribution is 7.89. The molecule has 0 atom stereocenters. The van der Waals surface area contributed by atoms with E-state index in [1.54, 1.807) is 24.3 Å². The number of sulfonamides is 1. The van der Waals surface area contributed by atoms with Gasteiger partial charge in [0.15, 0.2) is 0 Å². The number of benzene rings is 2. The molecule has 8 heteroatoms. The van der Waals surface area contributed by atoms with Crippen molar-refractivity contribution in [2.24, 2.45) is 0 Å². The maximum Gasteiger partial charge on any atom is 0.255 e. The molecular weight excluding hydrogens is 364 g/mol. The number of hydrogen-bond acceptors (Lipinski definition) is 5. The van der Waals surface area contributed by atoms with Crippen LogP contribution < -0.4 is 10.0 Å². The van der Waals surface area contributed by atoms with Crippen molar-refractivity contribution in [1.29, 1.82) is 5.26 Å². The first-order chi connectivity index (χ1) is 12.8. The predicted molar refractivity (Wildman–Crippen MR) is 104 cm³/mol. The van der Waals surface area contributed by atoms with Gasteiger partial charge in [-0.1, -0.05) is 18.2 Å². The minimum absolute atomic E-state index is 0.0218. The van der Waals surface area contributed by atoms with Gasteiger partial charge in [0, 0.05) is 12.1 Å². The van der Waals surface area contributed by atoms with Crippen LogP contribution in [0, 0.1) is 11.3 Å². The molecule has 1 amide bonds. The van der Waals surface area contributed by atoms with E-state index in [0.29, 0.717) is 24.2 Å². The fourth-order valence-electron chi connectivity index (χ4n) is 2.37. The maximum absolute atomic E-state index is 12.5. The Kier molecular flexibility index (Phi) is 7.07. The van der Waals surface area contributed by atoms with Gasteiger partial charge in [0.25, 0.3) is 5.91 Å². The van der Waals surface area contributed by atoms with Crippen molar-refractivity contribution in [2.45, 2.75) is 11.3 Å². The summed E-state index contributed by atoms with van der Waals surface area (Å²) in [6, 6.07) is 14.4. The Hall–Kier alpha value is -2.73. The second-order valence-electron chi connectivity index (χ2n) is 6.19. The normalized spacial score (nSPS) is 11.2. The second kappa shape index (κ2) is 9.28. The highest BCUT2D eigenvalue weighted by atomic mass is 32.2. The fraction of sp³-hybridized carbons (Fsp3) is 0.263. The van der Waals surface area contributed by atoms with Crippen LogP contribution in [-0.2, 0) is 10.0 Å². The zero-order chi connectivity index (χ0) is 19.9. The number of nitrogens with one attached hydrogen (secondary N) is 2. The number of nitriles is 1. The molecule has 0 aromatic heterocycles. The minimum Gasteiger partial charge on any atom is -0.321 e. The Morgan fingerprint density at radius 2 is 1.89 bits per heavy atom. The highest BCUT2D eigenvalue weighted by Crippen LogP contribution is 2.17. The molecule has 0 heterocycles. The molecule has 2 rings (SSSR count). The molecule has 0 unspecified atom stereocenters. The molecule has 2 aromatic carbocycles. The van der Waals surface area contributed by atoms with Crippen LogP contribution in [-0.4, -0.2) is 46.4 Å². The standard InChI is InChI=1S/C19H22N4O3S/c1-23(2)12-6-11-21-27(25,26)17-9-5-8-15(13-17)19(24)22-18-10-4-3-7-16(18)14-20/h3-5,7-10,13,21H,6,11-12H2,1-2H3,(H,22,24). The smallest absolute Gasteiger partial charge is 0.255 e. The molecule has 27 heavy (non-hydrogen) atoms. The summed E-state index contributed by atoms with van der Waals surface area (Å²) in [5.74, 6) is -0.484. The Labute approximate surface area is 159 Å². The van der Waals surface area contributed by atoms with Gasteiger partial charge >= 0.3 is 0 Å². The molecule has 0 aliphatic rings. The largest absolute Gasteiger partial charge is 0.321 e. The van der Waals surface area contributed by atoms with Crippen LogP contribution in [0.1, 0.15) is 22.3 Å². The summed E-state index contributed by atoms with van der Waals surface area (Å²) in [6.07, 6.45) is 0.678. The number of amides is 1. The lowest BCUT2D eigenvalue weighted by Gasteiger charge is -2.11. The summed E-state index contributed by atoms with van der Waals surface area (Å²) in [6.45, 7) is 1.08. The van der Waals surface area contributed by atoms with Crippen LogP contribution in [0.4, 0.5) is 5.69 Å². The van der Waals surface area contributed by atoms with Crippen LogP contribution >= 0.6 is 0 Å². The Morgan fingerprint density at radius 3 is 2.59 bits per heavy atom. The van der Waals surface area contributed by atoms with E-state index in [0.717, 1.165) is 6.54 Å². The van der Waals surface area contributed by atoms with Gasteiger partial charge in [0.05, 0.1) is 16.1 Å². The molecule has 0 spiro atoms. The summed E-state index contributed by atoms with van der Waals surface area (Å²) in [5, 5.41) is 11.7. The van der Waals surface area contributed by atoms with Crippen molar-refractivity contribution >= 4 is 21.6 Å². The van der Waals surface area contributed by atoms with Crippen molar-refractivity contribution in [3.63, 3.8) is 0 Å². The van der Waals surface area contributed by atoms with Crippen molar-refractivity contribution in [3.8, 4) is 6.07 Å². The zero-order valence-corrected chi connectivity index (χ0v) is 16.1. The highest BCUT2D eigenvalue weighted by Gasteiger charge is 2.16. The number of para-hydroxylation sites is 1. The van der Waals surface area contributed by atoms with Gasteiger partial charge in [0.1, 0.15) is 6.07 Å². The second-order valence-corrected chi connectivity index (χ2v) is 7.96. The first-order valence-corrected chi connectivity index (χ1v) is 9.87. The summed E-state index contributed by atoms with van der Waals surface area (Å²) in [4.78, 5) is 14.4. The van der Waals surface area contributed by atoms with E-state index in [-0.39, 0.29) is 10.5 Å². The number of anilines is 1. The third-order valence-electron chi connectivity index (χ3n) is 3.78. The molecule has 0 fully saturated rings. The van der Waals surface area contributed by atoms with Crippen molar-refractivity contribution in [3.05, 3.63) is 59.7 Å². The first-order valence-electron chi connectivity index (χ1n) is 8.38. The van der Waals surface area contributed by atoms with E-state index in [4.69, 9.17) is 5.26 Å². The molecule has 0 saturated heterocycles. The van der Waals surface area contributed by atoms with E-state index < -0.39 is 15.9 Å². The Balaban J connectivity index is 2.12. The minimum atomic E-state index is -3.70. The van der Waals surface area contributed by atoms with Crippen molar-refractivity contribution < 1.29 is 13.2 Å². The third-order valence-corrected chi connectivity index (χ3v) is 5.24. The van der Waals surface area contributed by atoms with Crippen LogP contribution in [0.2, 0.25) is 0 Å². The van der Waals surface area contributed by atoms with E-state index in [1.165, 1.54) is 24.3 Å². The molecule has 7 nitrogen and oxygen atoms in total. The number of nitrogens with zero attached hydrogens (tertiary/aromatic N) is 2. The lowest BCUT2D eigenvalue weighted by molar-refractivity contribution is 0.102. The van der Waals surface area contributed by atoms with E-state index in [9.17, 15) is 13.2 Å². The molecule has 0 radical (unpaired) electrons. The molecule has 2 N–H and O–H groups in total. The Morgan fingerprint density at radius 1 is 1.15 bits per heavy atom. The number of carbonyl (C=O) groups excluding carboxylic acids is 1. The van der Waals surface area contributed by atoms with Gasteiger partial charge < -0.3 is 10.2 Å². The summed E-state index contributed by atoms with van der Waals surface area (Å²) in [5.41, 5.74) is 0.899. The summed E-state index contributed by atoms with van der Waals surface area (Å²) >= 11 is 0. The van der Waals surface area contributed by atoms with E-state index >= 15 is 0 Å². The van der Waals surface area contributed by atoms with E-state index in [2.05, 4.69) is 10.0 Å². The van der Waals surface area contributed by atoms with Crippen LogP contribution in [0.3, 0.4) is 0 Å². The fourth-order valence-corrected chi connectivity index (χ4v) is 3.49. The van der Waals surface area contributed by atoms with Crippen molar-refractivity contribution in [1.82, 2.24) is 9.62 Å². The first kappa shape index (κ1) is 20.6. The number of hydrogen-bond donors (Lipinski definition) is 2. The zero-order valence-electron chi connectivity index (χ0n) is 15.3. The lowest BCUT2D eigenvalue weighted by Crippen LogP contribution is -2.27. The lowest BCUT2D eigenvalue weighted by atomic mass is 10.1. The van der Waals surface area contributed by atoms with Gasteiger partial charge in [-0.25, -0.2) is 13.1 Å².